The van der Waals surface area contributed by atoms with Gasteiger partial charge in [-0.2, -0.15) is 22.5 Å². The van der Waals surface area contributed by atoms with Gasteiger partial charge in [0.25, 0.3) is 11.1 Å². The topological polar surface area (TPSA) is 126 Å². The molecule has 0 bridgehead atoms. The molecule has 0 amide bonds. The van der Waals surface area contributed by atoms with Gasteiger partial charge in [-0.1, -0.05) is 0 Å². The van der Waals surface area contributed by atoms with Gasteiger partial charge in [-0.25, -0.2) is 4.98 Å². The lowest BCUT2D eigenvalue weighted by Crippen LogP contribution is -2.50. The molecule has 3 aromatic rings. The van der Waals surface area contributed by atoms with Gasteiger partial charge in [0.1, 0.15) is 6.04 Å². The number of halogens is 4. The molecule has 208 valence electrons. The van der Waals surface area contributed by atoms with Crippen LogP contribution in [0.2, 0.25) is 0 Å². The van der Waals surface area contributed by atoms with Crippen LogP contribution in [0.15, 0.2) is 52.7 Å². The van der Waals surface area contributed by atoms with Crippen LogP contribution >= 0.6 is 0 Å². The van der Waals surface area contributed by atoms with Crippen molar-refractivity contribution in [3.8, 4) is 0 Å². The number of H-pyrrole nitrogens is 1. The number of aromatic nitrogens is 5. The highest BCUT2D eigenvalue weighted by Crippen LogP contribution is 2.38. The third kappa shape index (κ3) is 6.30. The maximum atomic E-state index is 15.0. The van der Waals surface area contributed by atoms with Crippen LogP contribution in [-0.2, 0) is 4.74 Å². The van der Waals surface area contributed by atoms with E-state index in [-0.39, 0.29) is 61.8 Å². The van der Waals surface area contributed by atoms with Crippen LogP contribution in [0.25, 0.3) is 0 Å². The van der Waals surface area contributed by atoms with Gasteiger partial charge in [-0.15, -0.1) is 0 Å². The molecule has 1 saturated heterocycles. The second kappa shape index (κ2) is 11.7. The smallest absolute Gasteiger partial charge is 0.377 e. The molecular weight excluding hydrogens is 526 g/mol. The predicted octanol–water partition coefficient (Wildman–Crippen LogP) is 1.97. The highest BCUT2D eigenvalue weighted by Gasteiger charge is 2.47. The molecule has 5 heterocycles. The number of carbonyl (C=O) groups is 1. The van der Waals surface area contributed by atoms with Gasteiger partial charge in [0, 0.05) is 43.3 Å². The summed E-state index contributed by atoms with van der Waals surface area (Å²) in [5.74, 6) is -2.47. The zero-order valence-electron chi connectivity index (χ0n) is 20.8. The van der Waals surface area contributed by atoms with Crippen molar-refractivity contribution in [2.45, 2.75) is 31.6 Å². The second-order valence-corrected chi connectivity index (χ2v) is 8.88. The van der Waals surface area contributed by atoms with Crippen molar-refractivity contribution in [3.63, 3.8) is 0 Å². The van der Waals surface area contributed by atoms with E-state index in [0.717, 1.165) is 0 Å². The van der Waals surface area contributed by atoms with E-state index < -0.39 is 35.8 Å². The van der Waals surface area contributed by atoms with E-state index in [0.29, 0.717) is 4.57 Å². The minimum absolute atomic E-state index is 0.116. The molecule has 3 aromatic heterocycles. The second-order valence-electron chi connectivity index (χ2n) is 8.88. The van der Waals surface area contributed by atoms with Crippen LogP contribution in [0.5, 0.6) is 0 Å². The van der Waals surface area contributed by atoms with Crippen molar-refractivity contribution in [1.29, 1.82) is 0 Å². The summed E-state index contributed by atoms with van der Waals surface area (Å²) in [5, 5.41) is 0. The molecular formula is C24H25F4N7O4. The summed E-state index contributed by atoms with van der Waals surface area (Å²) in [5.41, 5.74) is -1.26. The summed E-state index contributed by atoms with van der Waals surface area (Å²) in [6, 6.07) is 1.89. The number of morpholine rings is 1. The van der Waals surface area contributed by atoms with Crippen LogP contribution in [-0.4, -0.2) is 75.4 Å². The summed E-state index contributed by atoms with van der Waals surface area (Å²) < 4.78 is 61.7. The average molecular weight is 552 g/mol. The standard InChI is InChI=1S/C20H21F4N5O3.C4H4N2O/c1-12-11-32-8-7-28(12)17-16(21)18(31)29-15(20(22,23)24)4-6-27(19(29)26-17)10-14(30)13-3-2-5-25-9-13;7-4-1-2-5-3-6-4/h2-3,5,9,12,15H,4,6-8,10-11H2,1H3;1-3H,(H,5,6,7)/t12-,15-;/m1./s1. The molecule has 5 rings (SSSR count). The number of aromatic amines is 1. The molecule has 15 heteroatoms. The summed E-state index contributed by atoms with van der Waals surface area (Å²) in [6.07, 6.45) is 0.337. The fraction of sp³-hybridized carbons (Fsp3) is 0.417. The number of alkyl halides is 3. The molecule has 0 saturated carbocycles. The van der Waals surface area contributed by atoms with Gasteiger partial charge in [0.05, 0.1) is 32.1 Å². The molecule has 39 heavy (non-hydrogen) atoms. The van der Waals surface area contributed by atoms with Crippen LogP contribution in [0.3, 0.4) is 0 Å². The first kappa shape index (κ1) is 27.9. The lowest BCUT2D eigenvalue weighted by molar-refractivity contribution is -0.171. The van der Waals surface area contributed by atoms with E-state index in [1.54, 1.807) is 13.0 Å². The van der Waals surface area contributed by atoms with E-state index in [1.165, 1.54) is 46.9 Å². The molecule has 1 fully saturated rings. The molecule has 0 aromatic carbocycles. The molecule has 0 aliphatic carbocycles. The number of hydrogen-bond acceptors (Lipinski definition) is 9. The number of fused-ring (bicyclic) bond motifs is 1. The van der Waals surface area contributed by atoms with Crippen LogP contribution in [0.1, 0.15) is 29.7 Å². The molecule has 1 N–H and O–H groups in total. The maximum Gasteiger partial charge on any atom is 0.409 e. The number of nitrogens with zero attached hydrogens (tertiary/aromatic N) is 6. The van der Waals surface area contributed by atoms with E-state index in [2.05, 4.69) is 19.9 Å². The number of anilines is 2. The van der Waals surface area contributed by atoms with Crippen LogP contribution in [0.4, 0.5) is 29.3 Å². The first-order valence-electron chi connectivity index (χ1n) is 12.0. The van der Waals surface area contributed by atoms with E-state index in [9.17, 15) is 27.6 Å². The first-order valence-corrected chi connectivity index (χ1v) is 12.0. The summed E-state index contributed by atoms with van der Waals surface area (Å²) >= 11 is 0. The van der Waals surface area contributed by atoms with E-state index in [1.807, 2.05) is 0 Å². The van der Waals surface area contributed by atoms with Gasteiger partial charge in [-0.05, 0) is 25.5 Å². The number of ether oxygens (including phenoxy) is 1. The number of Topliss-reactive ketones (excluding diaryl/α,β-unsaturated/α-hetero) is 1. The van der Waals surface area contributed by atoms with Gasteiger partial charge in [-0.3, -0.25) is 23.9 Å². The highest BCUT2D eigenvalue weighted by atomic mass is 19.4. The SMILES string of the molecule is C[C@@H]1COCCN1c1nc2n(c(=O)c1F)[C@@H](C(F)(F)F)CCN2CC(=O)c1cccnc1.O=c1ccnc[nH]1. The molecule has 2 aliphatic heterocycles. The van der Waals surface area contributed by atoms with Gasteiger partial charge in [0.2, 0.25) is 11.8 Å². The van der Waals surface area contributed by atoms with Crippen molar-refractivity contribution < 1.29 is 27.1 Å². The zero-order chi connectivity index (χ0) is 28.2. The quantitative estimate of drug-likeness (QED) is 0.383. The van der Waals surface area contributed by atoms with Crippen molar-refractivity contribution >= 4 is 17.5 Å². The van der Waals surface area contributed by atoms with Gasteiger partial charge >= 0.3 is 6.18 Å². The van der Waals surface area contributed by atoms with E-state index >= 15 is 4.39 Å². The molecule has 0 spiro atoms. The number of rotatable bonds is 4. The highest BCUT2D eigenvalue weighted by molar-refractivity contribution is 5.98. The summed E-state index contributed by atoms with van der Waals surface area (Å²) in [7, 11) is 0. The average Bonchev–Trinajstić information content (AvgIpc) is 2.92. The normalized spacial score (nSPS) is 19.1. The third-order valence-electron chi connectivity index (χ3n) is 6.22. The third-order valence-corrected chi connectivity index (χ3v) is 6.22. The Balaban J connectivity index is 0.000000438. The van der Waals surface area contributed by atoms with Gasteiger partial charge < -0.3 is 19.5 Å². The minimum Gasteiger partial charge on any atom is -0.377 e. The first-order chi connectivity index (χ1) is 18.6. The molecule has 2 atom stereocenters. The molecule has 0 unspecified atom stereocenters. The Labute approximate surface area is 219 Å². The Morgan fingerprint density at radius 3 is 2.56 bits per heavy atom. The van der Waals surface area contributed by atoms with Crippen LogP contribution in [0, 0.1) is 5.82 Å². The molecule has 0 radical (unpaired) electrons. The summed E-state index contributed by atoms with van der Waals surface area (Å²) in [6.45, 7) is 1.98. The maximum absolute atomic E-state index is 15.0. The zero-order valence-corrected chi connectivity index (χ0v) is 20.8. The van der Waals surface area contributed by atoms with Crippen molar-refractivity contribution in [2.24, 2.45) is 0 Å². The molecule has 11 nitrogen and oxygen atoms in total. The number of carbonyl (C=O) groups excluding carboxylic acids is 1. The Kier molecular flexibility index (Phi) is 8.38. The minimum atomic E-state index is -4.78. The van der Waals surface area contributed by atoms with Crippen molar-refractivity contribution in [3.05, 3.63) is 75.2 Å². The Bertz CT molecular complexity index is 1400. The Morgan fingerprint density at radius 2 is 1.97 bits per heavy atom. The largest absolute Gasteiger partial charge is 0.409 e. The van der Waals surface area contributed by atoms with Gasteiger partial charge in [0.15, 0.2) is 11.6 Å². The fourth-order valence-electron chi connectivity index (χ4n) is 4.29. The Hall–Kier alpha value is -4.14. The van der Waals surface area contributed by atoms with Crippen molar-refractivity contribution in [1.82, 2.24) is 24.5 Å². The molecule has 2 aliphatic rings. The lowest BCUT2D eigenvalue weighted by Gasteiger charge is -2.38. The number of nitrogens with one attached hydrogen (secondary N) is 1. The number of pyridine rings is 1. The Morgan fingerprint density at radius 1 is 1.18 bits per heavy atom. The monoisotopic (exact) mass is 551 g/mol. The predicted molar refractivity (Wildman–Crippen MR) is 131 cm³/mol. The van der Waals surface area contributed by atoms with Crippen molar-refractivity contribution in [2.75, 3.05) is 42.6 Å². The number of ketones is 1. The van der Waals surface area contributed by atoms with Crippen LogP contribution < -0.4 is 20.9 Å². The number of hydrogen-bond donors (Lipinski definition) is 1. The summed E-state index contributed by atoms with van der Waals surface area (Å²) in [4.78, 5) is 52.4. The lowest BCUT2D eigenvalue weighted by atomic mass is 10.1. The fourth-order valence-corrected chi connectivity index (χ4v) is 4.29. The van der Waals surface area contributed by atoms with E-state index in [4.69, 9.17) is 4.74 Å².